The highest BCUT2D eigenvalue weighted by atomic mass is 16.5. The summed E-state index contributed by atoms with van der Waals surface area (Å²) in [7, 11) is 1.53. The first-order valence-electron chi connectivity index (χ1n) is 7.83. The zero-order chi connectivity index (χ0) is 17.8. The van der Waals surface area contributed by atoms with Crippen LogP contribution in [0.25, 0.3) is 11.1 Å². The Balaban J connectivity index is 2.04. The molecule has 0 radical (unpaired) electrons. The number of amides is 1. The number of ether oxygens (including phenoxy) is 1. The molecule has 1 amide bonds. The van der Waals surface area contributed by atoms with E-state index in [0.717, 1.165) is 11.1 Å². The predicted molar refractivity (Wildman–Crippen MR) is 98.2 cm³/mol. The Kier molecular flexibility index (Phi) is 4.66. The number of aryl methyl sites for hydroxylation is 1. The van der Waals surface area contributed by atoms with Gasteiger partial charge in [-0.1, -0.05) is 36.4 Å². The van der Waals surface area contributed by atoms with Gasteiger partial charge in [-0.25, -0.2) is 0 Å². The average molecular weight is 334 g/mol. The number of pyridine rings is 1. The van der Waals surface area contributed by atoms with Crippen LogP contribution in [0.3, 0.4) is 0 Å². The van der Waals surface area contributed by atoms with Gasteiger partial charge in [0.15, 0.2) is 0 Å². The molecule has 2 N–H and O–H groups in total. The minimum Gasteiger partial charge on any atom is -0.495 e. The number of hydrogen-bond donors (Lipinski definition) is 2. The van der Waals surface area contributed by atoms with Crippen LogP contribution < -0.4 is 15.6 Å². The molecule has 3 aromatic rings. The van der Waals surface area contributed by atoms with Crippen LogP contribution in [0.2, 0.25) is 0 Å². The van der Waals surface area contributed by atoms with Crippen molar-refractivity contribution in [2.75, 3.05) is 12.4 Å². The predicted octanol–water partition coefficient (Wildman–Crippen LogP) is 3.61. The second-order valence-corrected chi connectivity index (χ2v) is 5.62. The lowest BCUT2D eigenvalue weighted by Gasteiger charge is -2.13. The first-order valence-corrected chi connectivity index (χ1v) is 7.83. The van der Waals surface area contributed by atoms with Crippen molar-refractivity contribution in [3.63, 3.8) is 0 Å². The van der Waals surface area contributed by atoms with E-state index < -0.39 is 11.5 Å². The number of anilines is 1. The first-order chi connectivity index (χ1) is 12.1. The number of aromatic nitrogens is 1. The van der Waals surface area contributed by atoms with Crippen molar-refractivity contribution >= 4 is 11.6 Å². The molecule has 0 saturated heterocycles. The number of carbonyl (C=O) groups excluding carboxylic acids is 1. The zero-order valence-corrected chi connectivity index (χ0v) is 14.0. The van der Waals surface area contributed by atoms with E-state index in [-0.39, 0.29) is 5.56 Å². The molecule has 5 nitrogen and oxygen atoms in total. The molecular formula is C20H18N2O3. The Morgan fingerprint density at radius 2 is 1.84 bits per heavy atom. The summed E-state index contributed by atoms with van der Waals surface area (Å²) >= 11 is 0. The van der Waals surface area contributed by atoms with Gasteiger partial charge in [0.25, 0.3) is 11.5 Å². The maximum atomic E-state index is 12.8. The Labute approximate surface area is 145 Å². The van der Waals surface area contributed by atoms with Gasteiger partial charge in [0, 0.05) is 11.8 Å². The fourth-order valence-corrected chi connectivity index (χ4v) is 2.67. The fourth-order valence-electron chi connectivity index (χ4n) is 2.67. The average Bonchev–Trinajstić information content (AvgIpc) is 2.62. The maximum absolute atomic E-state index is 12.8. The van der Waals surface area contributed by atoms with E-state index in [9.17, 15) is 9.59 Å². The van der Waals surface area contributed by atoms with Crippen molar-refractivity contribution in [2.24, 2.45) is 0 Å². The molecule has 0 aliphatic heterocycles. The van der Waals surface area contributed by atoms with Crippen LogP contribution in [0, 0.1) is 6.92 Å². The number of carbonyl (C=O) groups is 1. The van der Waals surface area contributed by atoms with Crippen LogP contribution in [0.5, 0.6) is 5.75 Å². The van der Waals surface area contributed by atoms with Crippen molar-refractivity contribution in [1.82, 2.24) is 4.98 Å². The van der Waals surface area contributed by atoms with Crippen molar-refractivity contribution in [3.05, 3.63) is 82.3 Å². The number of methoxy groups -OCH3 is 1. The Morgan fingerprint density at radius 1 is 1.08 bits per heavy atom. The number of hydrogen-bond acceptors (Lipinski definition) is 3. The second kappa shape index (κ2) is 7.05. The summed E-state index contributed by atoms with van der Waals surface area (Å²) in [6.07, 6.45) is 1.54. The standard InChI is InChI=1S/C20H18N2O3/c1-13-8-9-17(25-2)16(12-13)22-20(24)18-15(10-11-21-19(18)23)14-6-4-3-5-7-14/h3-12H,1-2H3,(H,21,23)(H,22,24). The molecule has 3 rings (SSSR count). The van der Waals surface area contributed by atoms with Gasteiger partial charge >= 0.3 is 0 Å². The van der Waals surface area contributed by atoms with E-state index in [1.807, 2.05) is 43.3 Å². The molecule has 0 bridgehead atoms. The number of rotatable bonds is 4. The smallest absolute Gasteiger partial charge is 0.262 e. The van der Waals surface area contributed by atoms with Crippen LogP contribution in [0.4, 0.5) is 5.69 Å². The van der Waals surface area contributed by atoms with Crippen LogP contribution in [0.15, 0.2) is 65.6 Å². The number of aromatic amines is 1. The Bertz CT molecular complexity index is 962. The Morgan fingerprint density at radius 3 is 2.56 bits per heavy atom. The van der Waals surface area contributed by atoms with Gasteiger partial charge in [-0.3, -0.25) is 9.59 Å². The van der Waals surface area contributed by atoms with Gasteiger partial charge in [0.2, 0.25) is 0 Å². The van der Waals surface area contributed by atoms with Crippen molar-refractivity contribution in [3.8, 4) is 16.9 Å². The van der Waals surface area contributed by atoms with E-state index >= 15 is 0 Å². The Hall–Kier alpha value is -3.34. The lowest BCUT2D eigenvalue weighted by atomic mass is 10.0. The molecule has 0 saturated carbocycles. The van der Waals surface area contributed by atoms with Crippen LogP contribution in [-0.2, 0) is 0 Å². The van der Waals surface area contributed by atoms with E-state index in [4.69, 9.17) is 4.74 Å². The fraction of sp³-hybridized carbons (Fsp3) is 0.100. The molecule has 1 aromatic heterocycles. The van der Waals surface area contributed by atoms with E-state index in [0.29, 0.717) is 17.0 Å². The minimum atomic E-state index is -0.482. The quantitative estimate of drug-likeness (QED) is 0.765. The molecule has 126 valence electrons. The highest BCUT2D eigenvalue weighted by Crippen LogP contribution is 2.27. The highest BCUT2D eigenvalue weighted by Gasteiger charge is 2.18. The summed E-state index contributed by atoms with van der Waals surface area (Å²) in [5, 5.41) is 2.79. The van der Waals surface area contributed by atoms with Crippen molar-refractivity contribution in [1.29, 1.82) is 0 Å². The largest absolute Gasteiger partial charge is 0.495 e. The number of nitrogens with one attached hydrogen (secondary N) is 2. The maximum Gasteiger partial charge on any atom is 0.262 e. The lowest BCUT2D eigenvalue weighted by Crippen LogP contribution is -2.24. The van der Waals surface area contributed by atoms with Crippen LogP contribution in [0.1, 0.15) is 15.9 Å². The van der Waals surface area contributed by atoms with Gasteiger partial charge in [-0.05, 0) is 36.2 Å². The molecule has 0 aliphatic rings. The van der Waals surface area contributed by atoms with Gasteiger partial charge in [0.05, 0.1) is 12.8 Å². The summed E-state index contributed by atoms with van der Waals surface area (Å²) in [4.78, 5) is 27.7. The minimum absolute atomic E-state index is 0.0669. The van der Waals surface area contributed by atoms with Crippen molar-refractivity contribution in [2.45, 2.75) is 6.92 Å². The van der Waals surface area contributed by atoms with E-state index in [1.165, 1.54) is 13.3 Å². The van der Waals surface area contributed by atoms with E-state index in [1.54, 1.807) is 18.2 Å². The van der Waals surface area contributed by atoms with Gasteiger partial charge in [-0.2, -0.15) is 0 Å². The molecule has 5 heteroatoms. The van der Waals surface area contributed by atoms with Gasteiger partial charge < -0.3 is 15.0 Å². The molecule has 0 atom stereocenters. The lowest BCUT2D eigenvalue weighted by molar-refractivity contribution is 0.102. The molecule has 2 aromatic carbocycles. The van der Waals surface area contributed by atoms with Crippen molar-refractivity contribution < 1.29 is 9.53 Å². The SMILES string of the molecule is COc1ccc(C)cc1NC(=O)c1c(-c2ccccc2)cc[nH]c1=O. The molecule has 0 unspecified atom stereocenters. The topological polar surface area (TPSA) is 71.2 Å². The molecule has 25 heavy (non-hydrogen) atoms. The summed E-state index contributed by atoms with van der Waals surface area (Å²) in [5.41, 5.74) is 2.50. The second-order valence-electron chi connectivity index (χ2n) is 5.62. The summed E-state index contributed by atoms with van der Waals surface area (Å²) in [6, 6.07) is 16.5. The molecular weight excluding hydrogens is 316 g/mol. The third-order valence-electron chi connectivity index (χ3n) is 3.88. The summed E-state index contributed by atoms with van der Waals surface area (Å²) < 4.78 is 5.28. The number of H-pyrrole nitrogens is 1. The third kappa shape index (κ3) is 3.45. The zero-order valence-electron chi connectivity index (χ0n) is 14.0. The van der Waals surface area contributed by atoms with Crippen LogP contribution >= 0.6 is 0 Å². The highest BCUT2D eigenvalue weighted by molar-refractivity contribution is 6.09. The normalized spacial score (nSPS) is 10.3. The molecule has 0 aliphatic carbocycles. The van der Waals surface area contributed by atoms with Gasteiger partial charge in [0.1, 0.15) is 11.3 Å². The molecule has 1 heterocycles. The summed E-state index contributed by atoms with van der Waals surface area (Å²) in [6.45, 7) is 1.92. The number of benzene rings is 2. The first kappa shape index (κ1) is 16.5. The van der Waals surface area contributed by atoms with Crippen LogP contribution in [-0.4, -0.2) is 18.0 Å². The van der Waals surface area contributed by atoms with E-state index in [2.05, 4.69) is 10.3 Å². The molecule has 0 spiro atoms. The summed E-state index contributed by atoms with van der Waals surface area (Å²) in [5.74, 6) is 0.0529. The molecule has 0 fully saturated rings. The monoisotopic (exact) mass is 334 g/mol. The van der Waals surface area contributed by atoms with Gasteiger partial charge in [-0.15, -0.1) is 0 Å². The third-order valence-corrected chi connectivity index (χ3v) is 3.88.